The first-order valence-corrected chi connectivity index (χ1v) is 8.89. The van der Waals surface area contributed by atoms with Crippen molar-refractivity contribution in [3.05, 3.63) is 35.2 Å². The highest BCUT2D eigenvalue weighted by Crippen LogP contribution is 2.30. The van der Waals surface area contributed by atoms with Crippen molar-refractivity contribution in [3.8, 4) is 0 Å². The predicted molar refractivity (Wildman–Crippen MR) is 79.8 cm³/mol. The third-order valence-corrected chi connectivity index (χ3v) is 6.94. The minimum Gasteiger partial charge on any atom is -0.468 e. The first-order chi connectivity index (χ1) is 10.4. The Hall–Kier alpha value is -1.71. The van der Waals surface area contributed by atoms with Crippen LogP contribution in [-0.2, 0) is 39.6 Å². The molecule has 9 heteroatoms. The van der Waals surface area contributed by atoms with E-state index in [4.69, 9.17) is 4.74 Å². The molecule has 1 aliphatic rings. The molecule has 1 aliphatic heterocycles. The van der Waals surface area contributed by atoms with Crippen molar-refractivity contribution < 1.29 is 17.9 Å². The third kappa shape index (κ3) is 2.34. The Morgan fingerprint density at radius 2 is 2.27 bits per heavy atom. The van der Waals surface area contributed by atoms with Gasteiger partial charge in [0, 0.05) is 13.5 Å². The van der Waals surface area contributed by atoms with Crippen LogP contribution in [0, 0.1) is 0 Å². The molecule has 0 radical (unpaired) electrons. The molecule has 7 nitrogen and oxygen atoms in total. The van der Waals surface area contributed by atoms with Crippen LogP contribution in [0.2, 0.25) is 0 Å². The Kier molecular flexibility index (Phi) is 3.79. The Labute approximate surface area is 132 Å². The maximum atomic E-state index is 12.8. The summed E-state index contributed by atoms with van der Waals surface area (Å²) in [6.45, 7) is 0.103. The number of aromatic nitrogens is 2. The highest BCUT2D eigenvalue weighted by atomic mass is 32.2. The van der Waals surface area contributed by atoms with Gasteiger partial charge < -0.3 is 9.30 Å². The molecule has 22 heavy (non-hydrogen) atoms. The zero-order valence-electron chi connectivity index (χ0n) is 12.1. The van der Waals surface area contributed by atoms with E-state index in [9.17, 15) is 13.2 Å². The molecule has 3 rings (SSSR count). The highest BCUT2D eigenvalue weighted by Gasteiger charge is 2.42. The second-order valence-electron chi connectivity index (χ2n) is 4.97. The summed E-state index contributed by atoms with van der Waals surface area (Å²) in [5, 5.41) is 1.69. The van der Waals surface area contributed by atoms with E-state index in [2.05, 4.69) is 4.98 Å². The standard InChI is InChI=1S/C13H15N3O4S2/c1-15-8-14-9-6-10(13(17)20-2)16(7-11(9)15)22(18,19)12-4-3-5-21-12/h3-5,8,10H,6-7H2,1-2H3/t10-/m0/s1. The van der Waals surface area contributed by atoms with Crippen molar-refractivity contribution >= 4 is 27.3 Å². The monoisotopic (exact) mass is 341 g/mol. The fourth-order valence-corrected chi connectivity index (χ4v) is 5.19. The largest absolute Gasteiger partial charge is 0.468 e. The normalized spacial score (nSPS) is 18.9. The predicted octanol–water partition coefficient (Wildman–Crippen LogP) is 0.770. The van der Waals surface area contributed by atoms with Gasteiger partial charge in [-0.2, -0.15) is 4.31 Å². The second-order valence-corrected chi connectivity index (χ2v) is 8.04. The van der Waals surface area contributed by atoms with Crippen molar-refractivity contribution in [2.24, 2.45) is 7.05 Å². The number of carbonyl (C=O) groups is 1. The summed E-state index contributed by atoms with van der Waals surface area (Å²) >= 11 is 1.13. The van der Waals surface area contributed by atoms with E-state index in [0.717, 1.165) is 22.7 Å². The molecule has 2 aromatic rings. The molecule has 0 N–H and O–H groups in total. The van der Waals surface area contributed by atoms with E-state index in [0.29, 0.717) is 0 Å². The number of nitrogens with zero attached hydrogens (tertiary/aromatic N) is 3. The first kappa shape index (κ1) is 15.2. The maximum absolute atomic E-state index is 12.8. The zero-order valence-corrected chi connectivity index (χ0v) is 13.7. The number of methoxy groups -OCH3 is 1. The summed E-state index contributed by atoms with van der Waals surface area (Å²) in [5.74, 6) is -0.573. The van der Waals surface area contributed by atoms with E-state index in [1.165, 1.54) is 17.5 Å². The second kappa shape index (κ2) is 5.49. The lowest BCUT2D eigenvalue weighted by Gasteiger charge is -2.32. The number of ether oxygens (including phenoxy) is 1. The van der Waals surface area contributed by atoms with Gasteiger partial charge in [0.25, 0.3) is 10.0 Å². The summed E-state index contributed by atoms with van der Waals surface area (Å²) in [5.41, 5.74) is 1.52. The van der Waals surface area contributed by atoms with Gasteiger partial charge in [-0.3, -0.25) is 4.79 Å². The third-order valence-electron chi connectivity index (χ3n) is 3.72. The van der Waals surface area contributed by atoms with Crippen LogP contribution in [0.1, 0.15) is 11.4 Å². The van der Waals surface area contributed by atoms with Crippen LogP contribution in [0.4, 0.5) is 0 Å². The molecular weight excluding hydrogens is 326 g/mol. The SMILES string of the molecule is COC(=O)[C@@H]1Cc2ncn(C)c2CN1S(=O)(=O)c1cccs1. The number of fused-ring (bicyclic) bond motifs is 1. The quantitative estimate of drug-likeness (QED) is 0.770. The van der Waals surface area contributed by atoms with E-state index in [-0.39, 0.29) is 17.2 Å². The van der Waals surface area contributed by atoms with E-state index < -0.39 is 22.0 Å². The molecule has 1 atom stereocenters. The fraction of sp³-hybridized carbons (Fsp3) is 0.385. The smallest absolute Gasteiger partial charge is 0.324 e. The van der Waals surface area contributed by atoms with Gasteiger partial charge in [0.1, 0.15) is 10.3 Å². The van der Waals surface area contributed by atoms with Gasteiger partial charge in [0.2, 0.25) is 0 Å². The minimum absolute atomic E-state index is 0.103. The van der Waals surface area contributed by atoms with Gasteiger partial charge >= 0.3 is 5.97 Å². The number of esters is 1. The van der Waals surface area contributed by atoms with Crippen LogP contribution in [0.5, 0.6) is 0 Å². The molecule has 118 valence electrons. The maximum Gasteiger partial charge on any atom is 0.324 e. The first-order valence-electron chi connectivity index (χ1n) is 6.57. The molecule has 0 amide bonds. The molecular formula is C13H15N3O4S2. The molecule has 0 aromatic carbocycles. The number of hydrogen-bond donors (Lipinski definition) is 0. The highest BCUT2D eigenvalue weighted by molar-refractivity contribution is 7.91. The van der Waals surface area contributed by atoms with Crippen LogP contribution >= 0.6 is 11.3 Å². The van der Waals surface area contributed by atoms with Gasteiger partial charge in [-0.15, -0.1) is 11.3 Å². The number of hydrogen-bond acceptors (Lipinski definition) is 6. The Morgan fingerprint density at radius 1 is 1.50 bits per heavy atom. The van der Waals surface area contributed by atoms with Crippen molar-refractivity contribution in [2.45, 2.75) is 23.2 Å². The van der Waals surface area contributed by atoms with Gasteiger partial charge in [-0.25, -0.2) is 13.4 Å². The summed E-state index contributed by atoms with van der Waals surface area (Å²) in [6.07, 6.45) is 1.84. The molecule has 2 aromatic heterocycles. The van der Waals surface area contributed by atoms with Crippen LogP contribution in [0.25, 0.3) is 0 Å². The fourth-order valence-electron chi connectivity index (χ4n) is 2.54. The number of sulfonamides is 1. The Morgan fingerprint density at radius 3 is 2.91 bits per heavy atom. The van der Waals surface area contributed by atoms with E-state index in [1.54, 1.807) is 29.4 Å². The zero-order chi connectivity index (χ0) is 15.9. The number of carbonyl (C=O) groups excluding carboxylic acids is 1. The lowest BCUT2D eigenvalue weighted by atomic mass is 10.1. The van der Waals surface area contributed by atoms with Gasteiger partial charge in [0.05, 0.1) is 31.4 Å². The summed E-state index contributed by atoms with van der Waals surface area (Å²) in [4.78, 5) is 16.3. The molecule has 0 saturated carbocycles. The number of aryl methyl sites for hydroxylation is 1. The molecule has 0 saturated heterocycles. The number of rotatable bonds is 3. The minimum atomic E-state index is -3.75. The summed E-state index contributed by atoms with van der Waals surface area (Å²) < 4.78 is 33.6. The van der Waals surface area contributed by atoms with Crippen LogP contribution in [-0.4, -0.2) is 41.4 Å². The molecule has 0 bridgehead atoms. The molecule has 3 heterocycles. The van der Waals surface area contributed by atoms with Crippen LogP contribution in [0.3, 0.4) is 0 Å². The van der Waals surface area contributed by atoms with E-state index >= 15 is 0 Å². The Balaban J connectivity index is 2.07. The van der Waals surface area contributed by atoms with Crippen LogP contribution < -0.4 is 0 Å². The topological polar surface area (TPSA) is 81.5 Å². The van der Waals surface area contributed by atoms with E-state index in [1.807, 2.05) is 0 Å². The Bertz CT molecular complexity index is 795. The molecule has 0 aliphatic carbocycles. The molecule has 0 fully saturated rings. The number of imidazole rings is 1. The summed E-state index contributed by atoms with van der Waals surface area (Å²) in [7, 11) is -0.688. The number of thiophene rings is 1. The van der Waals surface area contributed by atoms with Crippen LogP contribution in [0.15, 0.2) is 28.0 Å². The van der Waals surface area contributed by atoms with Gasteiger partial charge in [0.15, 0.2) is 0 Å². The average Bonchev–Trinajstić information content (AvgIpc) is 3.16. The summed E-state index contributed by atoms with van der Waals surface area (Å²) in [6, 6.07) is 2.32. The van der Waals surface area contributed by atoms with Gasteiger partial charge in [-0.1, -0.05) is 6.07 Å². The average molecular weight is 341 g/mol. The molecule has 0 unspecified atom stereocenters. The van der Waals surface area contributed by atoms with Crippen molar-refractivity contribution in [1.29, 1.82) is 0 Å². The lowest BCUT2D eigenvalue weighted by molar-refractivity contribution is -0.145. The van der Waals surface area contributed by atoms with Crippen molar-refractivity contribution in [1.82, 2.24) is 13.9 Å². The van der Waals surface area contributed by atoms with Crippen molar-refractivity contribution in [3.63, 3.8) is 0 Å². The van der Waals surface area contributed by atoms with Gasteiger partial charge in [-0.05, 0) is 11.4 Å². The molecule has 0 spiro atoms. The van der Waals surface area contributed by atoms with Crippen molar-refractivity contribution in [2.75, 3.05) is 7.11 Å². The lowest BCUT2D eigenvalue weighted by Crippen LogP contribution is -2.49.